The minimum absolute atomic E-state index is 0.000424. The Balaban J connectivity index is 1.96. The average Bonchev–Trinajstić information content (AvgIpc) is 2.52. The summed E-state index contributed by atoms with van der Waals surface area (Å²) in [4.78, 5) is 13.3. The largest absolute Gasteiger partial charge is 0.497 e. The number of methoxy groups -OCH3 is 1. The van der Waals surface area contributed by atoms with Crippen molar-refractivity contribution in [2.45, 2.75) is 32.3 Å². The van der Waals surface area contributed by atoms with Gasteiger partial charge in [0.05, 0.1) is 13.7 Å². The first-order chi connectivity index (χ1) is 11.3. The van der Waals surface area contributed by atoms with E-state index in [4.69, 9.17) is 9.47 Å². The number of benzene rings is 1. The molecule has 2 rings (SSSR count). The zero-order chi connectivity index (χ0) is 17.7. The number of aliphatic hydroxyl groups is 1. The number of carbonyl (C=O) groups excluding carboxylic acids is 1. The molecule has 1 aromatic rings. The Labute approximate surface area is 143 Å². The molecule has 1 amide bonds. The summed E-state index contributed by atoms with van der Waals surface area (Å²) in [6.07, 6.45) is -0.647. The molecule has 1 unspecified atom stereocenters. The molecule has 24 heavy (non-hydrogen) atoms. The van der Waals surface area contributed by atoms with Gasteiger partial charge in [-0.25, -0.2) is 0 Å². The Hall–Kier alpha value is -1.79. The van der Waals surface area contributed by atoms with Gasteiger partial charge in [-0.15, -0.1) is 0 Å². The first kappa shape index (κ1) is 18.5. The third-order valence-electron chi connectivity index (χ3n) is 4.01. The van der Waals surface area contributed by atoms with Crippen LogP contribution in [0.15, 0.2) is 18.2 Å². The molecule has 0 saturated carbocycles. The monoisotopic (exact) mass is 336 g/mol. The number of piperazine rings is 1. The summed E-state index contributed by atoms with van der Waals surface area (Å²) in [6, 6.07) is 5.70. The SMILES string of the molecule is COc1ccc(OCC(O)CN2CCNC(=O)C2)c(C(C)(C)C)c1. The lowest BCUT2D eigenvalue weighted by Gasteiger charge is -2.29. The highest BCUT2D eigenvalue weighted by atomic mass is 16.5. The molecule has 0 bridgehead atoms. The zero-order valence-corrected chi connectivity index (χ0v) is 15.0. The van der Waals surface area contributed by atoms with Crippen LogP contribution in [0.5, 0.6) is 11.5 Å². The summed E-state index contributed by atoms with van der Waals surface area (Å²) in [7, 11) is 1.64. The van der Waals surface area contributed by atoms with Gasteiger partial charge in [0.25, 0.3) is 0 Å². The van der Waals surface area contributed by atoms with Crippen molar-refractivity contribution in [2.24, 2.45) is 0 Å². The van der Waals surface area contributed by atoms with E-state index in [0.717, 1.165) is 23.6 Å². The van der Waals surface area contributed by atoms with Crippen LogP contribution >= 0.6 is 0 Å². The van der Waals surface area contributed by atoms with Gasteiger partial charge >= 0.3 is 0 Å². The molecule has 2 N–H and O–H groups in total. The standard InChI is InChI=1S/C18H28N2O4/c1-18(2,3)15-9-14(23-4)5-6-16(15)24-12-13(21)10-20-8-7-19-17(22)11-20/h5-6,9,13,21H,7-8,10-12H2,1-4H3,(H,19,22). The molecule has 0 aromatic heterocycles. The molecule has 134 valence electrons. The van der Waals surface area contributed by atoms with Crippen LogP contribution < -0.4 is 14.8 Å². The van der Waals surface area contributed by atoms with Crippen LogP contribution in [-0.2, 0) is 10.2 Å². The normalized spacial score (nSPS) is 17.3. The second-order valence-corrected chi connectivity index (χ2v) is 7.16. The summed E-state index contributed by atoms with van der Waals surface area (Å²) >= 11 is 0. The van der Waals surface area contributed by atoms with E-state index < -0.39 is 6.10 Å². The van der Waals surface area contributed by atoms with Gasteiger partial charge in [-0.3, -0.25) is 9.69 Å². The molecule has 6 heteroatoms. The van der Waals surface area contributed by atoms with Crippen molar-refractivity contribution in [3.8, 4) is 11.5 Å². The van der Waals surface area contributed by atoms with Crippen LogP contribution in [0.25, 0.3) is 0 Å². The smallest absolute Gasteiger partial charge is 0.234 e. The molecule has 1 fully saturated rings. The number of ether oxygens (including phenoxy) is 2. The molecule has 1 atom stereocenters. The van der Waals surface area contributed by atoms with Gasteiger partial charge in [0, 0.05) is 25.2 Å². The molecule has 0 radical (unpaired) electrons. The predicted molar refractivity (Wildman–Crippen MR) is 92.6 cm³/mol. The van der Waals surface area contributed by atoms with Crippen LogP contribution in [0.2, 0.25) is 0 Å². The molecule has 0 spiro atoms. The van der Waals surface area contributed by atoms with Gasteiger partial charge in [-0.1, -0.05) is 20.8 Å². The fraction of sp³-hybridized carbons (Fsp3) is 0.611. The van der Waals surface area contributed by atoms with Crippen LogP contribution in [-0.4, -0.2) is 61.9 Å². The maximum atomic E-state index is 11.4. The highest BCUT2D eigenvalue weighted by molar-refractivity contribution is 5.78. The first-order valence-electron chi connectivity index (χ1n) is 8.28. The summed E-state index contributed by atoms with van der Waals surface area (Å²) in [5, 5.41) is 13.0. The van der Waals surface area contributed by atoms with Crippen LogP contribution in [0, 0.1) is 0 Å². The third-order valence-corrected chi connectivity index (χ3v) is 4.01. The zero-order valence-electron chi connectivity index (χ0n) is 15.0. The third kappa shape index (κ3) is 5.11. The lowest BCUT2D eigenvalue weighted by atomic mass is 9.86. The molecule has 1 aromatic carbocycles. The summed E-state index contributed by atoms with van der Waals surface area (Å²) < 4.78 is 11.2. The fourth-order valence-corrected chi connectivity index (χ4v) is 2.73. The minimum atomic E-state index is -0.647. The second-order valence-electron chi connectivity index (χ2n) is 7.16. The average molecular weight is 336 g/mol. The minimum Gasteiger partial charge on any atom is -0.497 e. The summed E-state index contributed by atoms with van der Waals surface area (Å²) in [5.41, 5.74) is 0.936. The van der Waals surface area contributed by atoms with E-state index in [1.165, 1.54) is 0 Å². The Morgan fingerprint density at radius 3 is 2.75 bits per heavy atom. The summed E-state index contributed by atoms with van der Waals surface area (Å²) in [5.74, 6) is 1.53. The van der Waals surface area contributed by atoms with Crippen LogP contribution in [0.3, 0.4) is 0 Å². The predicted octanol–water partition coefficient (Wildman–Crippen LogP) is 1.16. The van der Waals surface area contributed by atoms with E-state index in [0.29, 0.717) is 19.6 Å². The van der Waals surface area contributed by atoms with Gasteiger partial charge < -0.3 is 19.9 Å². The number of nitrogens with zero attached hydrogens (tertiary/aromatic N) is 1. The highest BCUT2D eigenvalue weighted by Gasteiger charge is 2.22. The lowest BCUT2D eigenvalue weighted by molar-refractivity contribution is -0.124. The number of hydrogen-bond acceptors (Lipinski definition) is 5. The van der Waals surface area contributed by atoms with Crippen molar-refractivity contribution in [3.63, 3.8) is 0 Å². The topological polar surface area (TPSA) is 71.0 Å². The number of β-amino-alcohol motifs (C(OH)–C–C–N with tert-alkyl or cyclic N) is 1. The van der Waals surface area contributed by atoms with Crippen molar-refractivity contribution in [1.82, 2.24) is 10.2 Å². The van der Waals surface area contributed by atoms with E-state index in [2.05, 4.69) is 26.1 Å². The van der Waals surface area contributed by atoms with Gasteiger partial charge in [-0.05, 0) is 23.6 Å². The first-order valence-corrected chi connectivity index (χ1v) is 8.28. The molecule has 1 aliphatic heterocycles. The molecular weight excluding hydrogens is 308 g/mol. The van der Waals surface area contributed by atoms with Gasteiger partial charge in [0.2, 0.25) is 5.91 Å². The Kier molecular flexibility index (Phi) is 6.07. The Morgan fingerprint density at radius 1 is 1.38 bits per heavy atom. The molecule has 1 aliphatic rings. The number of rotatable bonds is 6. The fourth-order valence-electron chi connectivity index (χ4n) is 2.73. The second kappa shape index (κ2) is 7.85. The van der Waals surface area contributed by atoms with Gasteiger partial charge in [0.15, 0.2) is 0 Å². The maximum absolute atomic E-state index is 11.4. The van der Waals surface area contributed by atoms with Crippen molar-refractivity contribution in [2.75, 3.05) is 39.9 Å². The quantitative estimate of drug-likeness (QED) is 0.816. The molecule has 0 aliphatic carbocycles. The summed E-state index contributed by atoms with van der Waals surface area (Å²) in [6.45, 7) is 8.64. The van der Waals surface area contributed by atoms with Crippen LogP contribution in [0.4, 0.5) is 0 Å². The number of nitrogens with one attached hydrogen (secondary N) is 1. The number of carbonyl (C=O) groups is 1. The number of aliphatic hydroxyl groups excluding tert-OH is 1. The molecular formula is C18H28N2O4. The van der Waals surface area contributed by atoms with Crippen molar-refractivity contribution < 1.29 is 19.4 Å². The number of amides is 1. The van der Waals surface area contributed by atoms with Crippen molar-refractivity contribution in [3.05, 3.63) is 23.8 Å². The Morgan fingerprint density at radius 2 is 2.12 bits per heavy atom. The lowest BCUT2D eigenvalue weighted by Crippen LogP contribution is -2.50. The number of hydrogen-bond donors (Lipinski definition) is 2. The molecule has 1 saturated heterocycles. The van der Waals surface area contributed by atoms with E-state index in [1.807, 2.05) is 23.1 Å². The highest BCUT2D eigenvalue weighted by Crippen LogP contribution is 2.34. The van der Waals surface area contributed by atoms with Crippen molar-refractivity contribution in [1.29, 1.82) is 0 Å². The maximum Gasteiger partial charge on any atom is 0.234 e. The van der Waals surface area contributed by atoms with Crippen LogP contribution in [0.1, 0.15) is 26.3 Å². The molecule has 1 heterocycles. The Bertz CT molecular complexity index is 569. The van der Waals surface area contributed by atoms with E-state index >= 15 is 0 Å². The molecule has 6 nitrogen and oxygen atoms in total. The van der Waals surface area contributed by atoms with E-state index in [9.17, 15) is 9.90 Å². The van der Waals surface area contributed by atoms with Gasteiger partial charge in [-0.2, -0.15) is 0 Å². The van der Waals surface area contributed by atoms with E-state index in [-0.39, 0.29) is 17.9 Å². The van der Waals surface area contributed by atoms with Gasteiger partial charge in [0.1, 0.15) is 24.2 Å². The van der Waals surface area contributed by atoms with E-state index in [1.54, 1.807) is 7.11 Å². The van der Waals surface area contributed by atoms with Crippen molar-refractivity contribution >= 4 is 5.91 Å².